The molecule has 0 spiro atoms. The predicted octanol–water partition coefficient (Wildman–Crippen LogP) is 5.53. The van der Waals surface area contributed by atoms with Crippen LogP contribution < -0.4 is 10.5 Å². The van der Waals surface area contributed by atoms with Crippen molar-refractivity contribution in [1.29, 1.82) is 0 Å². The number of aromatic nitrogens is 5. The van der Waals surface area contributed by atoms with Gasteiger partial charge in [0.15, 0.2) is 0 Å². The molecule has 0 fully saturated rings. The zero-order chi connectivity index (χ0) is 24.4. The van der Waals surface area contributed by atoms with E-state index in [1.807, 2.05) is 86.8 Å². The lowest BCUT2D eigenvalue weighted by atomic mass is 10.2. The van der Waals surface area contributed by atoms with Crippen LogP contribution in [0.5, 0.6) is 5.75 Å². The average Bonchev–Trinajstić information content (AvgIpc) is 3.50. The molecule has 0 amide bonds. The molecule has 3 N–H and O–H groups in total. The Morgan fingerprint density at radius 2 is 1.83 bits per heavy atom. The number of aromatic amines is 1. The fourth-order valence-corrected chi connectivity index (χ4v) is 3.97. The van der Waals surface area contributed by atoms with Crippen LogP contribution in [-0.2, 0) is 6.61 Å². The fourth-order valence-electron chi connectivity index (χ4n) is 3.61. The van der Waals surface area contributed by atoms with Gasteiger partial charge in [0.2, 0.25) is 0 Å². The highest BCUT2D eigenvalue weighted by Crippen LogP contribution is 2.24. The van der Waals surface area contributed by atoms with Crippen molar-refractivity contribution >= 4 is 51.9 Å². The molecule has 8 nitrogen and oxygen atoms in total. The van der Waals surface area contributed by atoms with Gasteiger partial charge in [0, 0.05) is 20.7 Å². The van der Waals surface area contributed by atoms with Gasteiger partial charge >= 0.3 is 0 Å². The first-order valence-corrected chi connectivity index (χ1v) is 12.3. The lowest BCUT2D eigenvalue weighted by Crippen LogP contribution is -2.15. The highest BCUT2D eigenvalue weighted by molar-refractivity contribution is 14.1. The van der Waals surface area contributed by atoms with Gasteiger partial charge in [-0.25, -0.2) is 9.67 Å². The normalized spacial score (nSPS) is 11.6. The second kappa shape index (κ2) is 11.1. The van der Waals surface area contributed by atoms with Gasteiger partial charge in [-0.2, -0.15) is 0 Å². The summed E-state index contributed by atoms with van der Waals surface area (Å²) in [4.78, 5) is 12.5. The van der Waals surface area contributed by atoms with Crippen LogP contribution in [-0.4, -0.2) is 36.8 Å². The standard InChI is InChI=1S/C26H24IN7O.ClH/c1-16(2)29-25(28)18-5-12-23-24(13-18)31-26(30-23)17-3-10-22(11-4-17)35-15-20-14-34(33-32-20)21-8-6-19(27)7-9-21;/h3-14,16H,15H2,1-2H3,(H2,28,29)(H,30,31);1H. The Morgan fingerprint density at radius 1 is 1.08 bits per heavy atom. The molecule has 2 aromatic heterocycles. The van der Waals surface area contributed by atoms with E-state index >= 15 is 0 Å². The first-order chi connectivity index (χ1) is 16.9. The number of aliphatic imine (C=N–C) groups is 1. The second-order valence-corrected chi connectivity index (χ2v) is 9.61. The number of fused-ring (bicyclic) bond motifs is 1. The number of H-pyrrole nitrogens is 1. The lowest BCUT2D eigenvalue weighted by molar-refractivity contribution is 0.301. The lowest BCUT2D eigenvalue weighted by Gasteiger charge is -2.04. The van der Waals surface area contributed by atoms with Gasteiger partial charge in [-0.15, -0.1) is 17.5 Å². The third-order valence-electron chi connectivity index (χ3n) is 5.32. The molecule has 0 radical (unpaired) electrons. The molecule has 0 atom stereocenters. The van der Waals surface area contributed by atoms with Crippen LogP contribution in [0.4, 0.5) is 0 Å². The maximum absolute atomic E-state index is 6.12. The highest BCUT2D eigenvalue weighted by Gasteiger charge is 2.09. The van der Waals surface area contributed by atoms with Crippen molar-refractivity contribution in [3.05, 3.63) is 87.8 Å². The molecular formula is C26H25ClIN7O. The molecule has 0 unspecified atom stereocenters. The number of benzene rings is 3. The number of hydrogen-bond acceptors (Lipinski definition) is 5. The molecular weight excluding hydrogens is 589 g/mol. The van der Waals surface area contributed by atoms with Gasteiger partial charge in [0.1, 0.15) is 29.7 Å². The van der Waals surface area contributed by atoms with E-state index in [2.05, 4.69) is 42.9 Å². The van der Waals surface area contributed by atoms with Gasteiger partial charge in [0.25, 0.3) is 0 Å². The minimum Gasteiger partial charge on any atom is -0.487 e. The van der Waals surface area contributed by atoms with Gasteiger partial charge in [-0.1, -0.05) is 5.21 Å². The van der Waals surface area contributed by atoms with E-state index in [-0.39, 0.29) is 18.4 Å². The van der Waals surface area contributed by atoms with E-state index in [0.717, 1.165) is 45.1 Å². The van der Waals surface area contributed by atoms with Crippen LogP contribution in [0.25, 0.3) is 28.1 Å². The van der Waals surface area contributed by atoms with Crippen LogP contribution in [0.2, 0.25) is 0 Å². The Bertz CT molecular complexity index is 1490. The predicted molar refractivity (Wildman–Crippen MR) is 153 cm³/mol. The smallest absolute Gasteiger partial charge is 0.138 e. The minimum atomic E-state index is 0. The van der Waals surface area contributed by atoms with Crippen LogP contribution in [0.3, 0.4) is 0 Å². The van der Waals surface area contributed by atoms with E-state index in [9.17, 15) is 0 Å². The van der Waals surface area contributed by atoms with E-state index in [1.165, 1.54) is 3.57 Å². The van der Waals surface area contributed by atoms with Crippen LogP contribution in [0, 0.1) is 3.57 Å². The first kappa shape index (κ1) is 25.6. The third-order valence-corrected chi connectivity index (χ3v) is 6.04. The zero-order valence-electron chi connectivity index (χ0n) is 19.7. The maximum Gasteiger partial charge on any atom is 0.138 e. The number of halogens is 2. The summed E-state index contributed by atoms with van der Waals surface area (Å²) in [5, 5.41) is 8.40. The van der Waals surface area contributed by atoms with Crippen LogP contribution >= 0.6 is 35.0 Å². The number of nitrogens with zero attached hydrogens (tertiary/aromatic N) is 5. The Hall–Kier alpha value is -3.44. The largest absolute Gasteiger partial charge is 0.487 e. The molecule has 2 heterocycles. The molecule has 0 saturated heterocycles. The molecule has 0 saturated carbocycles. The van der Waals surface area contributed by atoms with E-state index < -0.39 is 0 Å². The minimum absolute atomic E-state index is 0. The zero-order valence-corrected chi connectivity index (χ0v) is 22.7. The highest BCUT2D eigenvalue weighted by atomic mass is 127. The average molecular weight is 614 g/mol. The quantitative estimate of drug-likeness (QED) is 0.143. The van der Waals surface area contributed by atoms with Crippen molar-refractivity contribution in [2.24, 2.45) is 10.7 Å². The summed E-state index contributed by atoms with van der Waals surface area (Å²) in [6.45, 7) is 4.33. The molecule has 0 bridgehead atoms. The van der Waals surface area contributed by atoms with E-state index in [4.69, 9.17) is 15.5 Å². The molecule has 36 heavy (non-hydrogen) atoms. The number of nitrogens with one attached hydrogen (secondary N) is 1. The molecule has 0 aliphatic rings. The molecule has 3 aromatic carbocycles. The van der Waals surface area contributed by atoms with Gasteiger partial charge in [-0.3, -0.25) is 4.99 Å². The monoisotopic (exact) mass is 613 g/mol. The third kappa shape index (κ3) is 5.85. The van der Waals surface area contributed by atoms with Gasteiger partial charge in [-0.05, 0) is 103 Å². The van der Waals surface area contributed by atoms with Gasteiger partial charge < -0.3 is 15.5 Å². The number of ether oxygens (including phenoxy) is 1. The molecule has 0 aliphatic carbocycles. The number of rotatable bonds is 7. The molecule has 5 aromatic rings. The van der Waals surface area contributed by atoms with Crippen molar-refractivity contribution in [2.75, 3.05) is 0 Å². The summed E-state index contributed by atoms with van der Waals surface area (Å²) >= 11 is 2.28. The maximum atomic E-state index is 6.12. The van der Waals surface area contributed by atoms with E-state index in [0.29, 0.717) is 12.4 Å². The number of hydrogen-bond donors (Lipinski definition) is 2. The fraction of sp³-hybridized carbons (Fsp3) is 0.154. The summed E-state index contributed by atoms with van der Waals surface area (Å²) in [5.74, 6) is 2.05. The molecule has 0 aliphatic heterocycles. The van der Waals surface area contributed by atoms with Crippen molar-refractivity contribution in [1.82, 2.24) is 25.0 Å². The van der Waals surface area contributed by atoms with Crippen LogP contribution in [0.1, 0.15) is 25.1 Å². The van der Waals surface area contributed by atoms with Gasteiger partial charge in [0.05, 0.1) is 22.9 Å². The Morgan fingerprint density at radius 3 is 2.56 bits per heavy atom. The second-order valence-electron chi connectivity index (χ2n) is 8.37. The number of nitrogens with two attached hydrogens (primary N) is 1. The summed E-state index contributed by atoms with van der Waals surface area (Å²) in [5.41, 5.74) is 11.5. The molecule has 10 heteroatoms. The Labute approximate surface area is 228 Å². The Balaban J connectivity index is 0.00000304. The van der Waals surface area contributed by atoms with E-state index in [1.54, 1.807) is 4.68 Å². The van der Waals surface area contributed by atoms with Crippen molar-refractivity contribution < 1.29 is 4.74 Å². The summed E-state index contributed by atoms with van der Waals surface area (Å²) < 4.78 is 8.83. The summed E-state index contributed by atoms with van der Waals surface area (Å²) in [6, 6.07) is 21.9. The Kier molecular flexibility index (Phi) is 7.90. The SMILES string of the molecule is CC(C)N=C(N)c1ccc2nc(-c3ccc(OCc4cn(-c5ccc(I)cc5)nn4)cc3)[nH]c2c1.Cl. The number of amidine groups is 1. The molecule has 184 valence electrons. The summed E-state index contributed by atoms with van der Waals surface area (Å²) in [7, 11) is 0. The topological polar surface area (TPSA) is 107 Å². The number of imidazole rings is 1. The van der Waals surface area contributed by atoms with Crippen molar-refractivity contribution in [2.45, 2.75) is 26.5 Å². The first-order valence-electron chi connectivity index (χ1n) is 11.2. The van der Waals surface area contributed by atoms with Crippen molar-refractivity contribution in [3.63, 3.8) is 0 Å². The summed E-state index contributed by atoms with van der Waals surface area (Å²) in [6.07, 6.45) is 1.87. The van der Waals surface area contributed by atoms with Crippen molar-refractivity contribution in [3.8, 4) is 22.8 Å². The van der Waals surface area contributed by atoms with Crippen LogP contribution in [0.15, 0.2) is 77.9 Å². The molecule has 5 rings (SSSR count).